The largest absolute Gasteiger partial charge is 0.383 e. The van der Waals surface area contributed by atoms with Crippen LogP contribution in [0.5, 0.6) is 0 Å². The van der Waals surface area contributed by atoms with Gasteiger partial charge >= 0.3 is 0 Å². The molecule has 1 aromatic heterocycles. The molecule has 0 bridgehead atoms. The molecule has 0 aromatic carbocycles. The highest BCUT2D eigenvalue weighted by atomic mass is 35.5. The van der Waals surface area contributed by atoms with Crippen LogP contribution in [-0.2, 0) is 0 Å². The summed E-state index contributed by atoms with van der Waals surface area (Å²) in [7, 11) is 2.20. The first-order valence-electron chi connectivity index (χ1n) is 5.74. The van der Waals surface area contributed by atoms with E-state index in [4.69, 9.17) is 11.6 Å². The van der Waals surface area contributed by atoms with E-state index in [1.54, 1.807) is 6.20 Å². The molecule has 16 heavy (non-hydrogen) atoms. The smallest absolute Gasteiger partial charge is 0.131 e. The van der Waals surface area contributed by atoms with Crippen molar-refractivity contribution in [1.82, 2.24) is 9.88 Å². The molecular formula is C12H18ClN3. The van der Waals surface area contributed by atoms with Gasteiger partial charge < -0.3 is 5.32 Å². The number of likely N-dealkylation sites (N-methyl/N-ethyl adjacent to an activating group) is 1. The van der Waals surface area contributed by atoms with Crippen LogP contribution in [0.1, 0.15) is 19.8 Å². The summed E-state index contributed by atoms with van der Waals surface area (Å²) in [5, 5.41) is 3.92. The molecule has 2 rings (SSSR count). The summed E-state index contributed by atoms with van der Waals surface area (Å²) in [5.74, 6) is 0. The van der Waals surface area contributed by atoms with Crippen LogP contribution in [0, 0.1) is 0 Å². The quantitative estimate of drug-likeness (QED) is 0.801. The van der Waals surface area contributed by atoms with Gasteiger partial charge in [-0.2, -0.15) is 0 Å². The monoisotopic (exact) mass is 239 g/mol. The Morgan fingerprint density at radius 1 is 1.62 bits per heavy atom. The van der Waals surface area contributed by atoms with Gasteiger partial charge in [0.15, 0.2) is 0 Å². The van der Waals surface area contributed by atoms with Crippen LogP contribution >= 0.6 is 11.6 Å². The SMILES string of the molecule is CC(CNc1ccnc(Cl)c1)N(C)C1CC1. The first kappa shape index (κ1) is 11.7. The molecule has 1 aliphatic carbocycles. The molecule has 0 spiro atoms. The molecule has 4 heteroatoms. The number of nitrogens with zero attached hydrogens (tertiary/aromatic N) is 2. The van der Waals surface area contributed by atoms with Gasteiger partial charge in [0.1, 0.15) is 5.15 Å². The Morgan fingerprint density at radius 3 is 3.00 bits per heavy atom. The molecule has 1 unspecified atom stereocenters. The Morgan fingerprint density at radius 2 is 2.38 bits per heavy atom. The fraction of sp³-hybridized carbons (Fsp3) is 0.583. The highest BCUT2D eigenvalue weighted by molar-refractivity contribution is 6.29. The maximum atomic E-state index is 5.82. The standard InChI is InChI=1S/C12H18ClN3/c1-9(16(2)11-3-4-11)8-15-10-5-6-14-12(13)7-10/h5-7,9,11H,3-4,8H2,1-2H3,(H,14,15). The Bertz CT molecular complexity index is 352. The zero-order valence-corrected chi connectivity index (χ0v) is 10.5. The van der Waals surface area contributed by atoms with E-state index >= 15 is 0 Å². The number of pyridine rings is 1. The van der Waals surface area contributed by atoms with Crippen LogP contribution in [0.25, 0.3) is 0 Å². The van der Waals surface area contributed by atoms with E-state index < -0.39 is 0 Å². The van der Waals surface area contributed by atoms with Gasteiger partial charge in [-0.3, -0.25) is 4.90 Å². The van der Waals surface area contributed by atoms with E-state index in [-0.39, 0.29) is 0 Å². The Hall–Kier alpha value is -0.800. The number of halogens is 1. The van der Waals surface area contributed by atoms with Crippen molar-refractivity contribution in [3.63, 3.8) is 0 Å². The van der Waals surface area contributed by atoms with Crippen molar-refractivity contribution in [2.45, 2.75) is 31.8 Å². The fourth-order valence-corrected chi connectivity index (χ4v) is 1.94. The third kappa shape index (κ3) is 3.09. The summed E-state index contributed by atoms with van der Waals surface area (Å²) in [6.07, 6.45) is 4.42. The Labute approximate surface area is 102 Å². The molecule has 1 N–H and O–H groups in total. The summed E-state index contributed by atoms with van der Waals surface area (Å²) in [4.78, 5) is 6.40. The van der Waals surface area contributed by atoms with E-state index in [0.717, 1.165) is 18.3 Å². The van der Waals surface area contributed by atoms with Crippen LogP contribution < -0.4 is 5.32 Å². The maximum Gasteiger partial charge on any atom is 0.131 e. The van der Waals surface area contributed by atoms with E-state index in [9.17, 15) is 0 Å². The van der Waals surface area contributed by atoms with Crippen molar-refractivity contribution in [2.24, 2.45) is 0 Å². The minimum Gasteiger partial charge on any atom is -0.383 e. The second-order valence-electron chi connectivity index (χ2n) is 4.49. The van der Waals surface area contributed by atoms with E-state index in [1.165, 1.54) is 12.8 Å². The first-order chi connectivity index (χ1) is 7.66. The molecule has 1 fully saturated rings. The molecule has 88 valence electrons. The lowest BCUT2D eigenvalue weighted by atomic mass is 10.2. The van der Waals surface area contributed by atoms with Gasteiger partial charge in [0, 0.05) is 30.5 Å². The second-order valence-corrected chi connectivity index (χ2v) is 4.88. The summed E-state index contributed by atoms with van der Waals surface area (Å²) in [5.41, 5.74) is 1.04. The number of nitrogens with one attached hydrogen (secondary N) is 1. The number of aromatic nitrogens is 1. The fourth-order valence-electron chi connectivity index (χ4n) is 1.76. The lowest BCUT2D eigenvalue weighted by Crippen LogP contribution is -2.36. The van der Waals surface area contributed by atoms with Gasteiger partial charge in [0.25, 0.3) is 0 Å². The zero-order valence-electron chi connectivity index (χ0n) is 9.78. The number of hydrogen-bond acceptors (Lipinski definition) is 3. The Kier molecular flexibility index (Phi) is 3.66. The topological polar surface area (TPSA) is 28.2 Å². The normalized spacial score (nSPS) is 17.5. The highest BCUT2D eigenvalue weighted by Crippen LogP contribution is 2.27. The molecule has 3 nitrogen and oxygen atoms in total. The van der Waals surface area contributed by atoms with Crippen LogP contribution in [0.15, 0.2) is 18.3 Å². The van der Waals surface area contributed by atoms with Gasteiger partial charge in [-0.15, -0.1) is 0 Å². The first-order valence-corrected chi connectivity index (χ1v) is 6.12. The van der Waals surface area contributed by atoms with Gasteiger partial charge in [-0.1, -0.05) is 11.6 Å². The predicted octanol–water partition coefficient (Wildman–Crippen LogP) is 2.63. The summed E-state index contributed by atoms with van der Waals surface area (Å²) >= 11 is 5.82. The lowest BCUT2D eigenvalue weighted by molar-refractivity contribution is 0.257. The molecule has 1 atom stereocenters. The van der Waals surface area contributed by atoms with Gasteiger partial charge in [-0.25, -0.2) is 4.98 Å². The molecule has 1 heterocycles. The summed E-state index contributed by atoms with van der Waals surface area (Å²) in [6, 6.07) is 5.14. The number of rotatable bonds is 5. The van der Waals surface area contributed by atoms with Crippen molar-refractivity contribution in [1.29, 1.82) is 0 Å². The van der Waals surface area contributed by atoms with Crippen molar-refractivity contribution < 1.29 is 0 Å². The van der Waals surface area contributed by atoms with E-state index in [2.05, 4.69) is 29.2 Å². The van der Waals surface area contributed by atoms with Crippen molar-refractivity contribution in [3.8, 4) is 0 Å². The van der Waals surface area contributed by atoms with Crippen molar-refractivity contribution >= 4 is 17.3 Å². The average molecular weight is 240 g/mol. The molecule has 1 aromatic rings. The summed E-state index contributed by atoms with van der Waals surface area (Å²) in [6.45, 7) is 3.18. The third-order valence-electron chi connectivity index (χ3n) is 3.15. The minimum atomic E-state index is 0.535. The van der Waals surface area contributed by atoms with Gasteiger partial charge in [0.2, 0.25) is 0 Å². The molecule has 0 amide bonds. The molecule has 1 saturated carbocycles. The third-order valence-corrected chi connectivity index (χ3v) is 3.35. The number of hydrogen-bond donors (Lipinski definition) is 1. The van der Waals surface area contributed by atoms with E-state index in [0.29, 0.717) is 11.2 Å². The lowest BCUT2D eigenvalue weighted by Gasteiger charge is -2.25. The van der Waals surface area contributed by atoms with Crippen molar-refractivity contribution in [3.05, 3.63) is 23.5 Å². The molecule has 0 aliphatic heterocycles. The van der Waals surface area contributed by atoms with Crippen LogP contribution in [0.3, 0.4) is 0 Å². The average Bonchev–Trinajstić information content (AvgIpc) is 3.09. The molecule has 0 saturated heterocycles. The molecule has 1 aliphatic rings. The number of anilines is 1. The predicted molar refractivity (Wildman–Crippen MR) is 68.0 cm³/mol. The Balaban J connectivity index is 1.82. The van der Waals surface area contributed by atoms with E-state index in [1.807, 2.05) is 12.1 Å². The van der Waals surface area contributed by atoms with Gasteiger partial charge in [0.05, 0.1) is 0 Å². The van der Waals surface area contributed by atoms with Crippen molar-refractivity contribution in [2.75, 3.05) is 18.9 Å². The minimum absolute atomic E-state index is 0.535. The second kappa shape index (κ2) is 5.02. The summed E-state index contributed by atoms with van der Waals surface area (Å²) < 4.78 is 0. The van der Waals surface area contributed by atoms with Gasteiger partial charge in [-0.05, 0) is 38.9 Å². The maximum absolute atomic E-state index is 5.82. The molecule has 0 radical (unpaired) electrons. The van der Waals surface area contributed by atoms with Crippen LogP contribution in [0.2, 0.25) is 5.15 Å². The van der Waals surface area contributed by atoms with Crippen LogP contribution in [-0.4, -0.2) is 35.6 Å². The zero-order chi connectivity index (χ0) is 11.5. The molecular weight excluding hydrogens is 222 g/mol. The highest BCUT2D eigenvalue weighted by Gasteiger charge is 2.28. The van der Waals surface area contributed by atoms with Crippen LogP contribution in [0.4, 0.5) is 5.69 Å².